The molecule has 7 heteroatoms. The minimum absolute atomic E-state index is 0.0631. The maximum Gasteiger partial charge on any atom is 0.244 e. The highest BCUT2D eigenvalue weighted by atomic mass is 32.2. The molecule has 1 amide bonds. The van der Waals surface area contributed by atoms with Crippen LogP contribution < -0.4 is 5.32 Å². The fourth-order valence-corrected chi connectivity index (χ4v) is 4.43. The van der Waals surface area contributed by atoms with E-state index in [1.165, 1.54) is 35.5 Å². The van der Waals surface area contributed by atoms with Crippen molar-refractivity contribution in [3.8, 4) is 0 Å². The SMILES string of the molecule is CC(=O)c1ccc(S(=O)(=O)N2CCNC(=O)[C@H]2c2ccccc2)cc1. The molecule has 1 atom stereocenters. The number of sulfonamides is 1. The molecule has 1 aliphatic heterocycles. The number of piperazine rings is 1. The highest BCUT2D eigenvalue weighted by Crippen LogP contribution is 2.29. The first-order chi connectivity index (χ1) is 11.9. The topological polar surface area (TPSA) is 83.6 Å². The van der Waals surface area contributed by atoms with Gasteiger partial charge in [0.2, 0.25) is 15.9 Å². The number of amides is 1. The molecule has 2 aromatic rings. The van der Waals surface area contributed by atoms with E-state index in [2.05, 4.69) is 5.32 Å². The van der Waals surface area contributed by atoms with Gasteiger partial charge in [-0.2, -0.15) is 4.31 Å². The normalized spacial score (nSPS) is 18.6. The molecule has 0 saturated carbocycles. The van der Waals surface area contributed by atoms with Crippen LogP contribution in [0.2, 0.25) is 0 Å². The monoisotopic (exact) mass is 358 g/mol. The van der Waals surface area contributed by atoms with Gasteiger partial charge >= 0.3 is 0 Å². The molecule has 2 aromatic carbocycles. The lowest BCUT2D eigenvalue weighted by molar-refractivity contribution is -0.126. The van der Waals surface area contributed by atoms with Gasteiger partial charge in [0, 0.05) is 18.7 Å². The Morgan fingerprint density at radius 2 is 1.72 bits per heavy atom. The van der Waals surface area contributed by atoms with E-state index < -0.39 is 16.1 Å². The van der Waals surface area contributed by atoms with Crippen molar-refractivity contribution >= 4 is 21.7 Å². The van der Waals surface area contributed by atoms with Crippen LogP contribution in [-0.4, -0.2) is 37.5 Å². The van der Waals surface area contributed by atoms with Crippen molar-refractivity contribution in [2.45, 2.75) is 17.9 Å². The molecular weight excluding hydrogens is 340 g/mol. The summed E-state index contributed by atoms with van der Waals surface area (Å²) in [5.41, 5.74) is 1.05. The van der Waals surface area contributed by atoms with Crippen molar-refractivity contribution in [2.24, 2.45) is 0 Å². The van der Waals surface area contributed by atoms with Gasteiger partial charge in [-0.3, -0.25) is 9.59 Å². The summed E-state index contributed by atoms with van der Waals surface area (Å²) in [5, 5.41) is 2.72. The number of ketones is 1. The van der Waals surface area contributed by atoms with Gasteiger partial charge in [0.25, 0.3) is 0 Å². The van der Waals surface area contributed by atoms with Crippen molar-refractivity contribution in [3.05, 3.63) is 65.7 Å². The first-order valence-corrected chi connectivity index (χ1v) is 9.31. The van der Waals surface area contributed by atoms with E-state index in [9.17, 15) is 18.0 Å². The Hall–Kier alpha value is -2.51. The Bertz CT molecular complexity index is 892. The molecule has 1 N–H and O–H groups in total. The summed E-state index contributed by atoms with van der Waals surface area (Å²) in [7, 11) is -3.87. The maximum atomic E-state index is 13.1. The number of hydrogen-bond acceptors (Lipinski definition) is 4. The molecule has 1 saturated heterocycles. The molecule has 0 spiro atoms. The van der Waals surface area contributed by atoms with Gasteiger partial charge in [-0.15, -0.1) is 0 Å². The molecule has 130 valence electrons. The second-order valence-electron chi connectivity index (χ2n) is 5.80. The number of carbonyl (C=O) groups excluding carboxylic acids is 2. The number of nitrogens with one attached hydrogen (secondary N) is 1. The number of benzene rings is 2. The average Bonchev–Trinajstić information content (AvgIpc) is 2.62. The summed E-state index contributed by atoms with van der Waals surface area (Å²) in [6.45, 7) is 1.86. The Balaban J connectivity index is 2.01. The molecule has 25 heavy (non-hydrogen) atoms. The van der Waals surface area contributed by atoms with Crippen LogP contribution >= 0.6 is 0 Å². The number of Topliss-reactive ketones (excluding diaryl/α,β-unsaturated/α-hetero) is 1. The first kappa shape index (κ1) is 17.3. The van der Waals surface area contributed by atoms with E-state index in [4.69, 9.17) is 0 Å². The second kappa shape index (κ2) is 6.78. The molecule has 3 rings (SSSR count). The molecule has 1 heterocycles. The van der Waals surface area contributed by atoms with Crippen LogP contribution in [0.25, 0.3) is 0 Å². The smallest absolute Gasteiger partial charge is 0.244 e. The molecule has 0 aliphatic carbocycles. The molecule has 1 fully saturated rings. The van der Waals surface area contributed by atoms with Crippen molar-refractivity contribution in [1.29, 1.82) is 0 Å². The Labute approximate surface area is 146 Å². The summed E-state index contributed by atoms with van der Waals surface area (Å²) < 4.78 is 27.3. The van der Waals surface area contributed by atoms with E-state index >= 15 is 0 Å². The van der Waals surface area contributed by atoms with Crippen LogP contribution in [-0.2, 0) is 14.8 Å². The fraction of sp³-hybridized carbons (Fsp3) is 0.222. The number of rotatable bonds is 4. The number of carbonyl (C=O) groups is 2. The minimum Gasteiger partial charge on any atom is -0.353 e. The lowest BCUT2D eigenvalue weighted by Gasteiger charge is -2.34. The maximum absolute atomic E-state index is 13.1. The number of hydrogen-bond donors (Lipinski definition) is 1. The quantitative estimate of drug-likeness (QED) is 0.844. The third-order valence-electron chi connectivity index (χ3n) is 4.15. The van der Waals surface area contributed by atoms with E-state index in [1.807, 2.05) is 6.07 Å². The molecule has 0 unspecified atom stereocenters. The van der Waals surface area contributed by atoms with Gasteiger partial charge in [-0.25, -0.2) is 8.42 Å². The molecule has 6 nitrogen and oxygen atoms in total. The van der Waals surface area contributed by atoms with Crippen LogP contribution in [0.1, 0.15) is 28.9 Å². The zero-order valence-electron chi connectivity index (χ0n) is 13.7. The van der Waals surface area contributed by atoms with Gasteiger partial charge in [0.1, 0.15) is 6.04 Å². The average molecular weight is 358 g/mol. The van der Waals surface area contributed by atoms with Gasteiger partial charge in [-0.1, -0.05) is 42.5 Å². The highest BCUT2D eigenvalue weighted by molar-refractivity contribution is 7.89. The van der Waals surface area contributed by atoms with Crippen molar-refractivity contribution in [1.82, 2.24) is 9.62 Å². The van der Waals surface area contributed by atoms with Gasteiger partial charge in [0.15, 0.2) is 5.78 Å². The Morgan fingerprint density at radius 1 is 1.08 bits per heavy atom. The Morgan fingerprint density at radius 3 is 2.32 bits per heavy atom. The van der Waals surface area contributed by atoms with Crippen LogP contribution in [0.4, 0.5) is 0 Å². The summed E-state index contributed by atoms with van der Waals surface area (Å²) in [6.07, 6.45) is 0. The molecule has 1 aliphatic rings. The largest absolute Gasteiger partial charge is 0.353 e. The van der Waals surface area contributed by atoms with Crippen LogP contribution in [0, 0.1) is 0 Å². The van der Waals surface area contributed by atoms with Gasteiger partial charge in [0.05, 0.1) is 4.90 Å². The Kier molecular flexibility index (Phi) is 4.69. The van der Waals surface area contributed by atoms with Crippen molar-refractivity contribution < 1.29 is 18.0 Å². The van der Waals surface area contributed by atoms with E-state index in [1.54, 1.807) is 24.3 Å². The summed E-state index contributed by atoms with van der Waals surface area (Å²) >= 11 is 0. The standard InChI is InChI=1S/C18H18N2O4S/c1-13(21)14-7-9-16(10-8-14)25(23,24)20-12-11-19-18(22)17(20)15-5-3-2-4-6-15/h2-10,17H,11-12H2,1H3,(H,19,22)/t17-/m1/s1. The van der Waals surface area contributed by atoms with Crippen LogP contribution in [0.5, 0.6) is 0 Å². The summed E-state index contributed by atoms with van der Waals surface area (Å²) in [4.78, 5) is 23.8. The van der Waals surface area contributed by atoms with E-state index in [0.717, 1.165) is 0 Å². The third-order valence-corrected chi connectivity index (χ3v) is 6.03. The lowest BCUT2D eigenvalue weighted by Crippen LogP contribution is -2.52. The highest BCUT2D eigenvalue weighted by Gasteiger charge is 2.39. The zero-order valence-corrected chi connectivity index (χ0v) is 14.5. The predicted molar refractivity (Wildman–Crippen MR) is 92.5 cm³/mol. The number of nitrogens with zero attached hydrogens (tertiary/aromatic N) is 1. The first-order valence-electron chi connectivity index (χ1n) is 7.87. The zero-order chi connectivity index (χ0) is 18.0. The predicted octanol–water partition coefficient (Wildman–Crippen LogP) is 1.75. The van der Waals surface area contributed by atoms with Crippen molar-refractivity contribution in [2.75, 3.05) is 13.1 Å². The summed E-state index contributed by atoms with van der Waals surface area (Å²) in [5.74, 6) is -0.482. The van der Waals surface area contributed by atoms with Gasteiger partial charge < -0.3 is 5.32 Å². The second-order valence-corrected chi connectivity index (χ2v) is 7.69. The molecule has 0 bridgehead atoms. The van der Waals surface area contributed by atoms with Crippen LogP contribution in [0.15, 0.2) is 59.5 Å². The van der Waals surface area contributed by atoms with Gasteiger partial charge in [-0.05, 0) is 24.6 Å². The summed E-state index contributed by atoms with van der Waals surface area (Å²) in [6, 6.07) is 13.7. The van der Waals surface area contributed by atoms with Crippen molar-refractivity contribution in [3.63, 3.8) is 0 Å². The third kappa shape index (κ3) is 3.33. The van der Waals surface area contributed by atoms with Crippen LogP contribution in [0.3, 0.4) is 0 Å². The van der Waals surface area contributed by atoms with E-state index in [-0.39, 0.29) is 29.7 Å². The molecule has 0 radical (unpaired) electrons. The van der Waals surface area contributed by atoms with E-state index in [0.29, 0.717) is 11.1 Å². The minimum atomic E-state index is -3.87. The fourth-order valence-electron chi connectivity index (χ4n) is 2.85. The molecule has 0 aromatic heterocycles. The lowest BCUT2D eigenvalue weighted by atomic mass is 10.1. The molecular formula is C18H18N2O4S.